The zero-order chi connectivity index (χ0) is 16.2. The van der Waals surface area contributed by atoms with Gasteiger partial charge in [0.2, 0.25) is 0 Å². The minimum absolute atomic E-state index is 0.0662. The number of aromatic nitrogens is 2. The van der Waals surface area contributed by atoms with Crippen molar-refractivity contribution in [3.05, 3.63) is 98.8 Å². The van der Waals surface area contributed by atoms with Gasteiger partial charge in [0.05, 0.1) is 13.1 Å². The maximum atomic E-state index is 12.6. The van der Waals surface area contributed by atoms with Crippen molar-refractivity contribution in [3.8, 4) is 0 Å². The third-order valence-corrected chi connectivity index (χ3v) is 3.64. The van der Waals surface area contributed by atoms with E-state index in [-0.39, 0.29) is 17.9 Å². The molecular weight excluding hydrogens is 290 g/mol. The number of nitrogens with two attached hydrogens (primary N) is 1. The van der Waals surface area contributed by atoms with Crippen LogP contribution in [-0.2, 0) is 13.1 Å². The van der Waals surface area contributed by atoms with Crippen LogP contribution in [0.3, 0.4) is 0 Å². The van der Waals surface area contributed by atoms with Crippen molar-refractivity contribution < 1.29 is 0 Å². The first-order chi connectivity index (χ1) is 11.1. The van der Waals surface area contributed by atoms with E-state index >= 15 is 0 Å². The van der Waals surface area contributed by atoms with Gasteiger partial charge >= 0.3 is 5.69 Å². The Hall–Kier alpha value is -3.08. The Morgan fingerprint density at radius 2 is 1.30 bits per heavy atom. The van der Waals surface area contributed by atoms with Gasteiger partial charge in [0, 0.05) is 6.20 Å². The lowest BCUT2D eigenvalue weighted by atomic mass is 10.2. The lowest BCUT2D eigenvalue weighted by Crippen LogP contribution is -2.41. The van der Waals surface area contributed by atoms with E-state index in [0.29, 0.717) is 6.54 Å². The zero-order valence-corrected chi connectivity index (χ0v) is 12.6. The van der Waals surface area contributed by atoms with Crippen LogP contribution in [0, 0.1) is 0 Å². The first kappa shape index (κ1) is 14.8. The normalized spacial score (nSPS) is 10.6. The standard InChI is InChI=1S/C18H17N3O2/c19-16-13-20(11-14-7-3-1-4-8-14)18(23)21(17(16)22)12-15-9-5-2-6-10-15/h1-10,13H,11-12,19H2. The molecule has 0 radical (unpaired) electrons. The Morgan fingerprint density at radius 1 is 0.783 bits per heavy atom. The van der Waals surface area contributed by atoms with Crippen molar-refractivity contribution in [2.24, 2.45) is 0 Å². The fraction of sp³-hybridized carbons (Fsp3) is 0.111. The first-order valence-corrected chi connectivity index (χ1v) is 7.33. The van der Waals surface area contributed by atoms with Gasteiger partial charge in [-0.25, -0.2) is 4.79 Å². The number of benzene rings is 2. The highest BCUT2D eigenvalue weighted by Crippen LogP contribution is 2.03. The summed E-state index contributed by atoms with van der Waals surface area (Å²) in [7, 11) is 0. The summed E-state index contributed by atoms with van der Waals surface area (Å²) in [4.78, 5) is 24.8. The third kappa shape index (κ3) is 3.23. The molecule has 2 aromatic carbocycles. The molecule has 2 N–H and O–H groups in total. The Bertz CT molecular complexity index is 912. The van der Waals surface area contributed by atoms with E-state index in [1.165, 1.54) is 15.3 Å². The average Bonchev–Trinajstić information content (AvgIpc) is 2.58. The molecule has 0 saturated carbocycles. The molecule has 3 aromatic rings. The number of rotatable bonds is 4. The van der Waals surface area contributed by atoms with Gasteiger partial charge < -0.3 is 5.73 Å². The molecule has 23 heavy (non-hydrogen) atoms. The van der Waals surface area contributed by atoms with E-state index in [1.807, 2.05) is 60.7 Å². The van der Waals surface area contributed by atoms with Crippen LogP contribution in [0.25, 0.3) is 0 Å². The molecule has 0 aliphatic rings. The van der Waals surface area contributed by atoms with Crippen LogP contribution in [0.15, 0.2) is 76.4 Å². The van der Waals surface area contributed by atoms with Gasteiger partial charge in [0.15, 0.2) is 0 Å². The molecule has 1 heterocycles. The quantitative estimate of drug-likeness (QED) is 0.797. The van der Waals surface area contributed by atoms with Crippen LogP contribution in [0.1, 0.15) is 11.1 Å². The topological polar surface area (TPSA) is 70.0 Å². The fourth-order valence-electron chi connectivity index (χ4n) is 2.47. The number of nitrogens with zero attached hydrogens (tertiary/aromatic N) is 2. The number of nitrogen functional groups attached to an aromatic ring is 1. The molecule has 5 heteroatoms. The fourth-order valence-corrected chi connectivity index (χ4v) is 2.47. The van der Waals surface area contributed by atoms with Crippen LogP contribution in [0.4, 0.5) is 5.69 Å². The maximum Gasteiger partial charge on any atom is 0.331 e. The summed E-state index contributed by atoms with van der Waals surface area (Å²) >= 11 is 0. The lowest BCUT2D eigenvalue weighted by Gasteiger charge is -2.12. The average molecular weight is 307 g/mol. The molecule has 116 valence electrons. The zero-order valence-electron chi connectivity index (χ0n) is 12.6. The summed E-state index contributed by atoms with van der Waals surface area (Å²) in [6.07, 6.45) is 1.42. The Morgan fingerprint density at radius 3 is 1.87 bits per heavy atom. The van der Waals surface area contributed by atoms with Crippen molar-refractivity contribution >= 4 is 5.69 Å². The monoisotopic (exact) mass is 307 g/mol. The van der Waals surface area contributed by atoms with Gasteiger partial charge in [-0.05, 0) is 11.1 Å². The van der Waals surface area contributed by atoms with E-state index in [0.717, 1.165) is 11.1 Å². The summed E-state index contributed by atoms with van der Waals surface area (Å²) in [5.74, 6) is 0. The molecule has 0 saturated heterocycles. The molecule has 3 rings (SSSR count). The first-order valence-electron chi connectivity index (χ1n) is 7.33. The minimum atomic E-state index is -0.455. The van der Waals surface area contributed by atoms with Gasteiger partial charge in [0.25, 0.3) is 5.56 Å². The summed E-state index contributed by atoms with van der Waals surface area (Å²) in [6, 6.07) is 19.0. The summed E-state index contributed by atoms with van der Waals surface area (Å²) in [5.41, 5.74) is 6.90. The number of anilines is 1. The summed E-state index contributed by atoms with van der Waals surface area (Å²) < 4.78 is 2.64. The highest BCUT2D eigenvalue weighted by atomic mass is 16.2. The second-order valence-electron chi connectivity index (χ2n) is 5.36. The van der Waals surface area contributed by atoms with Crippen LogP contribution in [0.2, 0.25) is 0 Å². The van der Waals surface area contributed by atoms with Crippen LogP contribution >= 0.6 is 0 Å². The van der Waals surface area contributed by atoms with Crippen LogP contribution in [-0.4, -0.2) is 9.13 Å². The second-order valence-corrected chi connectivity index (χ2v) is 5.36. The number of hydrogen-bond acceptors (Lipinski definition) is 3. The van der Waals surface area contributed by atoms with E-state index in [4.69, 9.17) is 5.73 Å². The molecule has 0 fully saturated rings. The number of hydrogen-bond donors (Lipinski definition) is 1. The predicted molar refractivity (Wildman–Crippen MR) is 90.5 cm³/mol. The van der Waals surface area contributed by atoms with Gasteiger partial charge in [-0.2, -0.15) is 0 Å². The molecule has 0 spiro atoms. The lowest BCUT2D eigenvalue weighted by molar-refractivity contribution is 0.615. The van der Waals surface area contributed by atoms with Crippen molar-refractivity contribution in [2.75, 3.05) is 5.73 Å². The summed E-state index contributed by atoms with van der Waals surface area (Å²) in [5, 5.41) is 0. The van der Waals surface area contributed by atoms with Crippen molar-refractivity contribution in [3.63, 3.8) is 0 Å². The van der Waals surface area contributed by atoms with E-state index < -0.39 is 5.56 Å². The predicted octanol–water partition coefficient (Wildman–Crippen LogP) is 1.69. The van der Waals surface area contributed by atoms with E-state index in [1.54, 1.807) is 0 Å². The molecule has 0 aliphatic carbocycles. The molecule has 5 nitrogen and oxygen atoms in total. The highest BCUT2D eigenvalue weighted by Gasteiger charge is 2.10. The second kappa shape index (κ2) is 6.36. The SMILES string of the molecule is Nc1cn(Cc2ccccc2)c(=O)n(Cc2ccccc2)c1=O. The van der Waals surface area contributed by atoms with Crippen LogP contribution < -0.4 is 17.0 Å². The molecule has 0 amide bonds. The molecular formula is C18H17N3O2. The van der Waals surface area contributed by atoms with Crippen molar-refractivity contribution in [1.82, 2.24) is 9.13 Å². The molecule has 0 unspecified atom stereocenters. The maximum absolute atomic E-state index is 12.6. The summed E-state index contributed by atoms with van der Waals surface area (Å²) in [6.45, 7) is 0.581. The molecule has 0 bridgehead atoms. The van der Waals surface area contributed by atoms with Crippen molar-refractivity contribution in [1.29, 1.82) is 0 Å². The highest BCUT2D eigenvalue weighted by molar-refractivity contribution is 5.32. The Labute approximate surface area is 133 Å². The van der Waals surface area contributed by atoms with Gasteiger partial charge in [-0.3, -0.25) is 13.9 Å². The van der Waals surface area contributed by atoms with Gasteiger partial charge in [0.1, 0.15) is 5.69 Å². The van der Waals surface area contributed by atoms with Crippen molar-refractivity contribution in [2.45, 2.75) is 13.1 Å². The third-order valence-electron chi connectivity index (χ3n) is 3.64. The van der Waals surface area contributed by atoms with Crippen LogP contribution in [0.5, 0.6) is 0 Å². The Kier molecular flexibility index (Phi) is 4.10. The smallest absolute Gasteiger partial charge is 0.331 e. The minimum Gasteiger partial charge on any atom is -0.393 e. The molecule has 0 atom stereocenters. The van der Waals surface area contributed by atoms with Gasteiger partial charge in [-0.15, -0.1) is 0 Å². The molecule has 1 aromatic heterocycles. The largest absolute Gasteiger partial charge is 0.393 e. The van der Waals surface area contributed by atoms with Gasteiger partial charge in [-0.1, -0.05) is 60.7 Å². The van der Waals surface area contributed by atoms with E-state index in [2.05, 4.69) is 0 Å². The molecule has 0 aliphatic heterocycles. The van der Waals surface area contributed by atoms with E-state index in [9.17, 15) is 9.59 Å². The Balaban J connectivity index is 2.03.